The van der Waals surface area contributed by atoms with Crippen LogP contribution in [0.15, 0.2) is 47.5 Å². The highest BCUT2D eigenvalue weighted by molar-refractivity contribution is 6.30. The SMILES string of the molecule is CCNC(=NCC(O)c1ccc(OC)c(OC)c1)N(C)Cc1ccc(Cl)cc1. The maximum atomic E-state index is 10.6. The average molecular weight is 406 g/mol. The number of nitrogens with zero attached hydrogens (tertiary/aromatic N) is 2. The number of halogens is 1. The third kappa shape index (κ3) is 6.04. The van der Waals surface area contributed by atoms with Crippen LogP contribution in [0, 0.1) is 0 Å². The molecule has 2 aromatic carbocycles. The first-order chi connectivity index (χ1) is 13.5. The smallest absolute Gasteiger partial charge is 0.194 e. The lowest BCUT2D eigenvalue weighted by atomic mass is 10.1. The predicted molar refractivity (Wildman–Crippen MR) is 113 cm³/mol. The number of aliphatic hydroxyl groups is 1. The summed E-state index contributed by atoms with van der Waals surface area (Å²) in [5, 5.41) is 14.5. The molecule has 28 heavy (non-hydrogen) atoms. The minimum absolute atomic E-state index is 0.225. The Kier molecular flexibility index (Phi) is 8.42. The van der Waals surface area contributed by atoms with Gasteiger partial charge in [-0.15, -0.1) is 0 Å². The minimum atomic E-state index is -0.752. The monoisotopic (exact) mass is 405 g/mol. The van der Waals surface area contributed by atoms with Crippen LogP contribution in [-0.4, -0.2) is 50.3 Å². The van der Waals surface area contributed by atoms with Crippen LogP contribution < -0.4 is 14.8 Å². The van der Waals surface area contributed by atoms with E-state index in [-0.39, 0.29) is 6.54 Å². The van der Waals surface area contributed by atoms with Crippen LogP contribution in [0.4, 0.5) is 0 Å². The summed E-state index contributed by atoms with van der Waals surface area (Å²) in [4.78, 5) is 6.59. The zero-order chi connectivity index (χ0) is 20.5. The number of benzene rings is 2. The van der Waals surface area contributed by atoms with Crippen molar-refractivity contribution in [1.82, 2.24) is 10.2 Å². The predicted octanol–water partition coefficient (Wildman–Crippen LogP) is 3.49. The van der Waals surface area contributed by atoms with E-state index in [1.807, 2.05) is 49.2 Å². The lowest BCUT2D eigenvalue weighted by molar-refractivity contribution is 0.186. The van der Waals surface area contributed by atoms with Gasteiger partial charge in [0.05, 0.1) is 26.9 Å². The van der Waals surface area contributed by atoms with Crippen LogP contribution in [0.25, 0.3) is 0 Å². The van der Waals surface area contributed by atoms with Crippen molar-refractivity contribution in [2.75, 3.05) is 34.4 Å². The Balaban J connectivity index is 2.09. The molecular weight excluding hydrogens is 378 g/mol. The van der Waals surface area contributed by atoms with Crippen LogP contribution in [0.2, 0.25) is 5.02 Å². The van der Waals surface area contributed by atoms with Gasteiger partial charge in [0.2, 0.25) is 0 Å². The van der Waals surface area contributed by atoms with Gasteiger partial charge in [0, 0.05) is 25.2 Å². The van der Waals surface area contributed by atoms with Crippen molar-refractivity contribution in [2.45, 2.75) is 19.6 Å². The summed E-state index contributed by atoms with van der Waals surface area (Å²) in [7, 11) is 5.11. The van der Waals surface area contributed by atoms with Crippen molar-refractivity contribution in [1.29, 1.82) is 0 Å². The molecule has 0 aromatic heterocycles. The van der Waals surface area contributed by atoms with Crippen molar-refractivity contribution in [3.8, 4) is 11.5 Å². The Morgan fingerprint density at radius 2 is 1.82 bits per heavy atom. The number of aliphatic imine (C=N–C) groups is 1. The first kappa shape index (κ1) is 21.9. The second-order valence-corrected chi connectivity index (χ2v) is 6.74. The molecule has 2 N–H and O–H groups in total. The lowest BCUT2D eigenvalue weighted by Crippen LogP contribution is -2.38. The Bertz CT molecular complexity index is 781. The van der Waals surface area contributed by atoms with Gasteiger partial charge in [-0.2, -0.15) is 0 Å². The molecule has 0 bridgehead atoms. The largest absolute Gasteiger partial charge is 0.493 e. The van der Waals surface area contributed by atoms with E-state index in [1.54, 1.807) is 26.4 Å². The summed E-state index contributed by atoms with van der Waals surface area (Å²) in [5.74, 6) is 1.92. The Morgan fingerprint density at radius 3 is 2.43 bits per heavy atom. The van der Waals surface area contributed by atoms with Gasteiger partial charge in [-0.05, 0) is 42.3 Å². The van der Waals surface area contributed by atoms with Gasteiger partial charge in [0.15, 0.2) is 17.5 Å². The normalized spacial score (nSPS) is 12.4. The average Bonchev–Trinajstić information content (AvgIpc) is 2.71. The van der Waals surface area contributed by atoms with E-state index in [1.165, 1.54) is 0 Å². The molecule has 6 nitrogen and oxygen atoms in total. The fraction of sp³-hybridized carbons (Fsp3) is 0.381. The molecule has 0 saturated carbocycles. The standard InChI is InChI=1S/C21H28ClN3O3/c1-5-23-21(25(2)14-15-6-9-17(22)10-7-15)24-13-18(26)16-8-11-19(27-3)20(12-16)28-4/h6-12,18,26H,5,13-14H2,1-4H3,(H,23,24). The fourth-order valence-electron chi connectivity index (χ4n) is 2.75. The topological polar surface area (TPSA) is 66.3 Å². The van der Waals surface area contributed by atoms with Gasteiger partial charge >= 0.3 is 0 Å². The quantitative estimate of drug-likeness (QED) is 0.520. The molecular formula is C21H28ClN3O3. The molecule has 2 rings (SSSR count). The molecule has 1 atom stereocenters. The summed E-state index contributed by atoms with van der Waals surface area (Å²) in [6.45, 7) is 3.64. The second kappa shape index (κ2) is 10.8. The van der Waals surface area contributed by atoms with E-state index in [4.69, 9.17) is 21.1 Å². The highest BCUT2D eigenvalue weighted by atomic mass is 35.5. The van der Waals surface area contributed by atoms with E-state index in [9.17, 15) is 5.11 Å². The Hall–Kier alpha value is -2.44. The number of guanidine groups is 1. The number of ether oxygens (including phenoxy) is 2. The molecule has 0 amide bonds. The Morgan fingerprint density at radius 1 is 1.14 bits per heavy atom. The van der Waals surface area contributed by atoms with Crippen molar-refractivity contribution < 1.29 is 14.6 Å². The molecule has 7 heteroatoms. The van der Waals surface area contributed by atoms with Crippen molar-refractivity contribution in [3.63, 3.8) is 0 Å². The molecule has 0 fully saturated rings. The highest BCUT2D eigenvalue weighted by Gasteiger charge is 2.13. The second-order valence-electron chi connectivity index (χ2n) is 6.31. The summed E-state index contributed by atoms with van der Waals surface area (Å²) < 4.78 is 10.5. The van der Waals surface area contributed by atoms with E-state index < -0.39 is 6.10 Å². The summed E-state index contributed by atoms with van der Waals surface area (Å²) >= 11 is 5.95. The van der Waals surface area contributed by atoms with Crippen molar-refractivity contribution in [2.24, 2.45) is 4.99 Å². The molecule has 0 radical (unpaired) electrons. The molecule has 0 saturated heterocycles. The summed E-state index contributed by atoms with van der Waals surface area (Å²) in [5.41, 5.74) is 1.84. The first-order valence-corrected chi connectivity index (χ1v) is 9.50. The number of methoxy groups -OCH3 is 2. The summed E-state index contributed by atoms with van der Waals surface area (Å²) in [6, 6.07) is 13.1. The molecule has 1 unspecified atom stereocenters. The number of hydrogen-bond donors (Lipinski definition) is 2. The zero-order valence-electron chi connectivity index (χ0n) is 16.8. The molecule has 0 aliphatic carbocycles. The third-order valence-corrected chi connectivity index (χ3v) is 4.49. The van der Waals surface area contributed by atoms with Crippen LogP contribution >= 0.6 is 11.6 Å². The number of aliphatic hydroxyl groups excluding tert-OH is 1. The molecule has 0 heterocycles. The molecule has 0 aliphatic heterocycles. The van der Waals surface area contributed by atoms with E-state index in [0.29, 0.717) is 23.1 Å². The highest BCUT2D eigenvalue weighted by Crippen LogP contribution is 2.30. The van der Waals surface area contributed by atoms with E-state index in [0.717, 1.165) is 23.6 Å². The van der Waals surface area contributed by atoms with Crippen LogP contribution in [0.1, 0.15) is 24.2 Å². The number of nitrogens with one attached hydrogen (secondary N) is 1. The zero-order valence-corrected chi connectivity index (χ0v) is 17.5. The van der Waals surface area contributed by atoms with E-state index >= 15 is 0 Å². The maximum Gasteiger partial charge on any atom is 0.194 e. The minimum Gasteiger partial charge on any atom is -0.493 e. The van der Waals surface area contributed by atoms with Gasteiger partial charge in [0.1, 0.15) is 0 Å². The molecule has 0 aliphatic rings. The summed E-state index contributed by atoms with van der Waals surface area (Å²) in [6.07, 6.45) is -0.752. The van der Waals surface area contributed by atoms with Crippen LogP contribution in [0.5, 0.6) is 11.5 Å². The van der Waals surface area contributed by atoms with Crippen molar-refractivity contribution in [3.05, 3.63) is 58.6 Å². The number of rotatable bonds is 8. The lowest BCUT2D eigenvalue weighted by Gasteiger charge is -2.23. The van der Waals surface area contributed by atoms with Crippen LogP contribution in [0.3, 0.4) is 0 Å². The molecule has 152 valence electrons. The third-order valence-electron chi connectivity index (χ3n) is 4.24. The van der Waals surface area contributed by atoms with Gasteiger partial charge in [-0.1, -0.05) is 29.8 Å². The van der Waals surface area contributed by atoms with Crippen molar-refractivity contribution >= 4 is 17.6 Å². The fourth-order valence-corrected chi connectivity index (χ4v) is 2.87. The van der Waals surface area contributed by atoms with E-state index in [2.05, 4.69) is 10.3 Å². The number of hydrogen-bond acceptors (Lipinski definition) is 4. The maximum absolute atomic E-state index is 10.6. The first-order valence-electron chi connectivity index (χ1n) is 9.12. The van der Waals surface area contributed by atoms with Gasteiger partial charge in [0.25, 0.3) is 0 Å². The van der Waals surface area contributed by atoms with Gasteiger partial charge in [-0.25, -0.2) is 0 Å². The van der Waals surface area contributed by atoms with Gasteiger partial charge in [-0.3, -0.25) is 4.99 Å². The Labute approximate surface area is 171 Å². The molecule has 2 aromatic rings. The molecule has 0 spiro atoms. The van der Waals surface area contributed by atoms with Crippen LogP contribution in [-0.2, 0) is 6.54 Å². The van der Waals surface area contributed by atoms with Gasteiger partial charge < -0.3 is 24.8 Å².